The van der Waals surface area contributed by atoms with Gasteiger partial charge in [0, 0.05) is 23.2 Å². The Hall–Kier alpha value is -2.36. The highest BCUT2D eigenvalue weighted by Crippen LogP contribution is 2.23. The molecular weight excluding hydrogens is 356 g/mol. The van der Waals surface area contributed by atoms with Crippen molar-refractivity contribution in [2.45, 2.75) is 19.4 Å². The Morgan fingerprint density at radius 2 is 1.67 bits per heavy atom. The maximum atomic E-state index is 12.7. The zero-order valence-corrected chi connectivity index (χ0v) is 16.0. The summed E-state index contributed by atoms with van der Waals surface area (Å²) >= 11 is 5.95. The number of hydrogen-bond donors (Lipinski definition) is 1. The molecule has 0 bridgehead atoms. The van der Waals surface area contributed by atoms with Crippen LogP contribution >= 0.6 is 11.6 Å². The Kier molecular flexibility index (Phi) is 5.42. The lowest BCUT2D eigenvalue weighted by Crippen LogP contribution is -2.37. The largest absolute Gasteiger partial charge is 0.326 e. The van der Waals surface area contributed by atoms with Gasteiger partial charge in [0.05, 0.1) is 0 Å². The molecule has 1 aliphatic rings. The molecular formula is C23H23ClN2O. The third-order valence-electron chi connectivity index (χ3n) is 5.29. The molecule has 1 saturated heterocycles. The Labute approximate surface area is 164 Å². The smallest absolute Gasteiger partial charge is 0.227 e. The summed E-state index contributed by atoms with van der Waals surface area (Å²) in [6.45, 7) is 2.80. The summed E-state index contributed by atoms with van der Waals surface area (Å²) in [5.41, 5.74) is 2.14. The van der Waals surface area contributed by atoms with Gasteiger partial charge in [0.2, 0.25) is 5.91 Å². The molecule has 1 amide bonds. The topological polar surface area (TPSA) is 32.3 Å². The van der Waals surface area contributed by atoms with Gasteiger partial charge >= 0.3 is 0 Å². The summed E-state index contributed by atoms with van der Waals surface area (Å²) in [6, 6.07) is 22.3. The fourth-order valence-corrected chi connectivity index (χ4v) is 3.84. The number of halogens is 1. The van der Waals surface area contributed by atoms with Crippen molar-refractivity contribution in [2.24, 2.45) is 5.92 Å². The number of anilines is 1. The number of nitrogens with zero attached hydrogens (tertiary/aromatic N) is 1. The third kappa shape index (κ3) is 4.49. The van der Waals surface area contributed by atoms with E-state index in [9.17, 15) is 4.79 Å². The predicted molar refractivity (Wildman–Crippen MR) is 112 cm³/mol. The van der Waals surface area contributed by atoms with Crippen LogP contribution < -0.4 is 5.32 Å². The Morgan fingerprint density at radius 3 is 2.41 bits per heavy atom. The summed E-state index contributed by atoms with van der Waals surface area (Å²) in [6.07, 6.45) is 1.79. The molecule has 1 heterocycles. The molecule has 0 aliphatic carbocycles. The molecule has 3 nitrogen and oxygen atoms in total. The highest BCUT2D eigenvalue weighted by molar-refractivity contribution is 6.30. The molecule has 4 heteroatoms. The SMILES string of the molecule is O=C(Nc1ccc2ccccc2c1)C1CCN(Cc2ccc(Cl)cc2)CC1. The lowest BCUT2D eigenvalue weighted by molar-refractivity contribution is -0.121. The molecule has 0 radical (unpaired) electrons. The third-order valence-corrected chi connectivity index (χ3v) is 5.55. The average molecular weight is 379 g/mol. The van der Waals surface area contributed by atoms with Crippen LogP contribution in [-0.2, 0) is 11.3 Å². The van der Waals surface area contributed by atoms with E-state index in [-0.39, 0.29) is 11.8 Å². The minimum absolute atomic E-state index is 0.0814. The normalized spacial score (nSPS) is 15.7. The lowest BCUT2D eigenvalue weighted by atomic mass is 9.95. The molecule has 0 saturated carbocycles. The van der Waals surface area contributed by atoms with Crippen LogP contribution in [0.5, 0.6) is 0 Å². The van der Waals surface area contributed by atoms with Crippen LogP contribution in [0.15, 0.2) is 66.7 Å². The van der Waals surface area contributed by atoms with Gasteiger partial charge in [0.25, 0.3) is 0 Å². The van der Waals surface area contributed by atoms with Gasteiger partial charge in [-0.2, -0.15) is 0 Å². The summed E-state index contributed by atoms with van der Waals surface area (Å²) in [7, 11) is 0. The van der Waals surface area contributed by atoms with Crippen molar-refractivity contribution >= 4 is 34.0 Å². The molecule has 0 unspecified atom stereocenters. The van der Waals surface area contributed by atoms with Gasteiger partial charge in [-0.25, -0.2) is 0 Å². The number of hydrogen-bond acceptors (Lipinski definition) is 2. The van der Waals surface area contributed by atoms with E-state index in [1.54, 1.807) is 0 Å². The molecule has 1 aliphatic heterocycles. The van der Waals surface area contributed by atoms with Crippen molar-refractivity contribution in [1.82, 2.24) is 4.90 Å². The van der Waals surface area contributed by atoms with E-state index in [0.717, 1.165) is 48.6 Å². The van der Waals surface area contributed by atoms with Crippen LogP contribution in [0.4, 0.5) is 5.69 Å². The quantitative estimate of drug-likeness (QED) is 0.664. The maximum absolute atomic E-state index is 12.7. The fraction of sp³-hybridized carbons (Fsp3) is 0.261. The summed E-state index contributed by atoms with van der Waals surface area (Å²) in [5, 5.41) is 6.20. The number of amides is 1. The van der Waals surface area contributed by atoms with Gasteiger partial charge in [-0.05, 0) is 66.5 Å². The molecule has 0 aromatic heterocycles. The second kappa shape index (κ2) is 8.12. The molecule has 0 atom stereocenters. The van der Waals surface area contributed by atoms with Gasteiger partial charge in [-0.15, -0.1) is 0 Å². The highest BCUT2D eigenvalue weighted by Gasteiger charge is 2.25. The van der Waals surface area contributed by atoms with Crippen molar-refractivity contribution in [3.05, 3.63) is 77.3 Å². The zero-order valence-electron chi connectivity index (χ0n) is 15.2. The first kappa shape index (κ1) is 18.0. The van der Waals surface area contributed by atoms with Crippen molar-refractivity contribution in [3.63, 3.8) is 0 Å². The van der Waals surface area contributed by atoms with Gasteiger partial charge in [0.15, 0.2) is 0 Å². The molecule has 3 aromatic rings. The van der Waals surface area contributed by atoms with Gasteiger partial charge in [0.1, 0.15) is 0 Å². The maximum Gasteiger partial charge on any atom is 0.227 e. The molecule has 138 valence electrons. The van der Waals surface area contributed by atoms with E-state index >= 15 is 0 Å². The monoisotopic (exact) mass is 378 g/mol. The minimum atomic E-state index is 0.0814. The molecule has 3 aromatic carbocycles. The van der Waals surface area contributed by atoms with Crippen LogP contribution in [0.25, 0.3) is 10.8 Å². The first-order chi connectivity index (χ1) is 13.2. The number of likely N-dealkylation sites (tertiary alicyclic amines) is 1. The summed E-state index contributed by atoms with van der Waals surface area (Å²) < 4.78 is 0. The van der Waals surface area contributed by atoms with Gasteiger partial charge in [-0.3, -0.25) is 9.69 Å². The zero-order chi connectivity index (χ0) is 18.6. The lowest BCUT2D eigenvalue weighted by Gasteiger charge is -2.31. The van der Waals surface area contributed by atoms with Crippen LogP contribution in [-0.4, -0.2) is 23.9 Å². The second-order valence-electron chi connectivity index (χ2n) is 7.23. The Balaban J connectivity index is 1.32. The van der Waals surface area contributed by atoms with E-state index in [2.05, 4.69) is 40.5 Å². The van der Waals surface area contributed by atoms with Crippen molar-refractivity contribution in [2.75, 3.05) is 18.4 Å². The standard InChI is InChI=1S/C23H23ClN2O/c24-21-8-5-17(6-9-21)16-26-13-11-19(12-14-26)23(27)25-22-10-7-18-3-1-2-4-20(18)15-22/h1-10,15,19H,11-14,16H2,(H,25,27). The number of carbonyl (C=O) groups is 1. The fourth-order valence-electron chi connectivity index (χ4n) is 3.71. The molecule has 27 heavy (non-hydrogen) atoms. The number of nitrogens with one attached hydrogen (secondary N) is 1. The van der Waals surface area contributed by atoms with Crippen LogP contribution in [0, 0.1) is 5.92 Å². The van der Waals surface area contributed by atoms with Gasteiger partial charge in [-0.1, -0.05) is 54.1 Å². The molecule has 0 spiro atoms. The number of piperidine rings is 1. The van der Waals surface area contributed by atoms with Crippen LogP contribution in [0.2, 0.25) is 5.02 Å². The summed E-state index contributed by atoms with van der Waals surface area (Å²) in [4.78, 5) is 15.1. The van der Waals surface area contributed by atoms with E-state index in [0.29, 0.717) is 0 Å². The predicted octanol–water partition coefficient (Wildman–Crippen LogP) is 5.34. The Bertz CT molecular complexity index is 931. The van der Waals surface area contributed by atoms with Crippen LogP contribution in [0.3, 0.4) is 0 Å². The first-order valence-corrected chi connectivity index (χ1v) is 9.82. The molecule has 1 fully saturated rings. The van der Waals surface area contributed by atoms with Crippen molar-refractivity contribution < 1.29 is 4.79 Å². The van der Waals surface area contributed by atoms with Crippen molar-refractivity contribution in [3.8, 4) is 0 Å². The van der Waals surface area contributed by atoms with E-state index in [1.165, 1.54) is 10.9 Å². The average Bonchev–Trinajstić information content (AvgIpc) is 2.70. The number of carbonyl (C=O) groups excluding carboxylic acids is 1. The number of benzene rings is 3. The first-order valence-electron chi connectivity index (χ1n) is 9.44. The molecule has 4 rings (SSSR count). The van der Waals surface area contributed by atoms with Gasteiger partial charge < -0.3 is 5.32 Å². The summed E-state index contributed by atoms with van der Waals surface area (Å²) in [5.74, 6) is 0.217. The van der Waals surface area contributed by atoms with E-state index < -0.39 is 0 Å². The second-order valence-corrected chi connectivity index (χ2v) is 7.66. The van der Waals surface area contributed by atoms with E-state index in [1.807, 2.05) is 36.4 Å². The van der Waals surface area contributed by atoms with Crippen molar-refractivity contribution in [1.29, 1.82) is 0 Å². The number of fused-ring (bicyclic) bond motifs is 1. The van der Waals surface area contributed by atoms with E-state index in [4.69, 9.17) is 11.6 Å². The molecule has 1 N–H and O–H groups in total. The minimum Gasteiger partial charge on any atom is -0.326 e. The highest BCUT2D eigenvalue weighted by atomic mass is 35.5. The number of rotatable bonds is 4. The van der Waals surface area contributed by atoms with Crippen LogP contribution in [0.1, 0.15) is 18.4 Å². The Morgan fingerprint density at radius 1 is 0.963 bits per heavy atom.